The van der Waals surface area contributed by atoms with E-state index in [9.17, 15) is 13.2 Å². The summed E-state index contributed by atoms with van der Waals surface area (Å²) in [6.07, 6.45) is 0.731. The minimum absolute atomic E-state index is 0.0664. The van der Waals surface area contributed by atoms with E-state index < -0.39 is 10.0 Å². The van der Waals surface area contributed by atoms with Crippen LogP contribution in [-0.4, -0.2) is 34.1 Å². The maximum Gasteiger partial charge on any atom is 0.262 e. The molecule has 1 aliphatic rings. The van der Waals surface area contributed by atoms with Crippen LogP contribution < -0.4 is 24.2 Å². The highest BCUT2D eigenvalue weighted by Crippen LogP contribution is 2.32. The topological polar surface area (TPSA) is 103 Å². The quantitative estimate of drug-likeness (QED) is 0.536. The molecule has 0 saturated heterocycles. The molecule has 0 fully saturated rings. The molecule has 1 heterocycles. The van der Waals surface area contributed by atoms with Gasteiger partial charge in [0.2, 0.25) is 0 Å². The maximum absolute atomic E-state index is 12.8. The van der Waals surface area contributed by atoms with Gasteiger partial charge in [-0.3, -0.25) is 9.52 Å². The van der Waals surface area contributed by atoms with E-state index in [-0.39, 0.29) is 10.8 Å². The van der Waals surface area contributed by atoms with Crippen LogP contribution in [-0.2, 0) is 10.0 Å². The summed E-state index contributed by atoms with van der Waals surface area (Å²) in [6.45, 7) is 3.28. The van der Waals surface area contributed by atoms with Crippen molar-refractivity contribution in [2.75, 3.05) is 29.9 Å². The molecule has 0 aliphatic carbocycles. The molecule has 0 saturated carbocycles. The Bertz CT molecular complexity index is 1240. The number of rotatable bonds is 7. The van der Waals surface area contributed by atoms with E-state index in [0.29, 0.717) is 54.0 Å². The molecule has 2 N–H and O–H groups in total. The Balaban J connectivity index is 1.45. The Kier molecular flexibility index (Phi) is 6.69. The number of nitrogens with one attached hydrogen (secondary N) is 2. The van der Waals surface area contributed by atoms with Crippen molar-refractivity contribution in [1.82, 2.24) is 0 Å². The number of hydrogen-bond donors (Lipinski definition) is 2. The fraction of sp³-hybridized carbons (Fsp3) is 0.208. The van der Waals surface area contributed by atoms with E-state index in [4.69, 9.17) is 14.2 Å². The zero-order valence-corrected chi connectivity index (χ0v) is 18.9. The summed E-state index contributed by atoms with van der Waals surface area (Å²) < 4.78 is 44.8. The van der Waals surface area contributed by atoms with Crippen molar-refractivity contribution in [1.29, 1.82) is 0 Å². The molecule has 4 rings (SSSR count). The molecular formula is C24H24N2O6S. The van der Waals surface area contributed by atoms with E-state index in [2.05, 4.69) is 10.0 Å². The van der Waals surface area contributed by atoms with Gasteiger partial charge in [0.05, 0.1) is 30.3 Å². The molecule has 0 bridgehead atoms. The molecular weight excluding hydrogens is 444 g/mol. The van der Waals surface area contributed by atoms with Gasteiger partial charge in [-0.15, -0.1) is 0 Å². The van der Waals surface area contributed by atoms with Crippen LogP contribution >= 0.6 is 0 Å². The average molecular weight is 469 g/mol. The summed E-state index contributed by atoms with van der Waals surface area (Å²) in [4.78, 5) is 12.7. The van der Waals surface area contributed by atoms with Crippen LogP contribution in [0.25, 0.3) is 0 Å². The SMILES string of the molecule is CCOc1ccccc1C(=O)Nc1ccc(NS(=O)(=O)c2ccc3c(c2)OCCCO3)cc1. The molecule has 0 spiro atoms. The number of sulfonamides is 1. The summed E-state index contributed by atoms with van der Waals surface area (Å²) in [7, 11) is -3.84. The van der Waals surface area contributed by atoms with Gasteiger partial charge < -0.3 is 19.5 Å². The maximum atomic E-state index is 12.8. The standard InChI is InChI=1S/C24H24N2O6S/c1-2-30-21-7-4-3-6-20(21)24(27)25-17-8-10-18(11-9-17)26-33(28,29)19-12-13-22-23(16-19)32-15-5-14-31-22/h3-4,6-13,16,26H,2,5,14-15H2,1H3,(H,25,27). The molecule has 0 aromatic heterocycles. The molecule has 1 amide bonds. The Morgan fingerprint density at radius 2 is 1.64 bits per heavy atom. The number of anilines is 2. The smallest absolute Gasteiger partial charge is 0.262 e. The van der Waals surface area contributed by atoms with Crippen molar-refractivity contribution in [3.8, 4) is 17.2 Å². The third-order valence-corrected chi connectivity index (χ3v) is 6.23. The molecule has 1 aliphatic heterocycles. The average Bonchev–Trinajstić information content (AvgIpc) is 3.06. The molecule has 0 unspecified atom stereocenters. The predicted molar refractivity (Wildman–Crippen MR) is 125 cm³/mol. The van der Waals surface area contributed by atoms with Gasteiger partial charge in [-0.05, 0) is 55.5 Å². The zero-order chi connectivity index (χ0) is 23.3. The van der Waals surface area contributed by atoms with Crippen molar-refractivity contribution in [3.63, 3.8) is 0 Å². The largest absolute Gasteiger partial charge is 0.493 e. The zero-order valence-electron chi connectivity index (χ0n) is 18.0. The first-order valence-electron chi connectivity index (χ1n) is 10.5. The number of fused-ring (bicyclic) bond motifs is 1. The fourth-order valence-corrected chi connectivity index (χ4v) is 4.35. The van der Waals surface area contributed by atoms with Crippen LogP contribution in [0, 0.1) is 0 Å². The molecule has 9 heteroatoms. The van der Waals surface area contributed by atoms with Gasteiger partial charge in [-0.2, -0.15) is 0 Å². The van der Waals surface area contributed by atoms with E-state index >= 15 is 0 Å². The minimum Gasteiger partial charge on any atom is -0.493 e. The van der Waals surface area contributed by atoms with Crippen LogP contribution in [0.4, 0.5) is 11.4 Å². The van der Waals surface area contributed by atoms with Crippen molar-refractivity contribution in [2.45, 2.75) is 18.2 Å². The van der Waals surface area contributed by atoms with Gasteiger partial charge in [0.15, 0.2) is 11.5 Å². The second kappa shape index (κ2) is 9.83. The number of hydrogen-bond acceptors (Lipinski definition) is 6. The Hall–Kier alpha value is -3.72. The second-order valence-electron chi connectivity index (χ2n) is 7.23. The van der Waals surface area contributed by atoms with Crippen LogP contribution in [0.1, 0.15) is 23.7 Å². The van der Waals surface area contributed by atoms with Crippen molar-refractivity contribution in [2.24, 2.45) is 0 Å². The fourth-order valence-electron chi connectivity index (χ4n) is 3.28. The Morgan fingerprint density at radius 3 is 2.39 bits per heavy atom. The molecule has 0 atom stereocenters. The molecule has 8 nitrogen and oxygen atoms in total. The first-order chi connectivity index (χ1) is 16.0. The van der Waals surface area contributed by atoms with Crippen molar-refractivity contribution < 1.29 is 27.4 Å². The van der Waals surface area contributed by atoms with E-state index in [1.54, 1.807) is 54.6 Å². The lowest BCUT2D eigenvalue weighted by Gasteiger charge is -2.13. The van der Waals surface area contributed by atoms with Crippen molar-refractivity contribution >= 4 is 27.3 Å². The highest BCUT2D eigenvalue weighted by atomic mass is 32.2. The van der Waals surface area contributed by atoms with Gasteiger partial charge in [-0.25, -0.2) is 8.42 Å². The number of amides is 1. The Morgan fingerprint density at radius 1 is 0.939 bits per heavy atom. The van der Waals surface area contributed by atoms with Gasteiger partial charge in [-0.1, -0.05) is 12.1 Å². The highest BCUT2D eigenvalue weighted by molar-refractivity contribution is 7.92. The molecule has 33 heavy (non-hydrogen) atoms. The third kappa shape index (κ3) is 5.38. The normalized spacial score (nSPS) is 13.0. The van der Waals surface area contributed by atoms with Gasteiger partial charge in [0, 0.05) is 23.9 Å². The number of para-hydroxylation sites is 1. The van der Waals surface area contributed by atoms with Crippen LogP contribution in [0.5, 0.6) is 17.2 Å². The molecule has 0 radical (unpaired) electrons. The number of carbonyl (C=O) groups excluding carboxylic acids is 1. The Labute approximate surface area is 192 Å². The van der Waals surface area contributed by atoms with E-state index in [1.165, 1.54) is 12.1 Å². The summed E-state index contributed by atoms with van der Waals surface area (Å²) in [5.41, 5.74) is 1.29. The number of benzene rings is 3. The van der Waals surface area contributed by atoms with Crippen LogP contribution in [0.2, 0.25) is 0 Å². The predicted octanol–water partition coefficient (Wildman–Crippen LogP) is 4.30. The highest BCUT2D eigenvalue weighted by Gasteiger charge is 2.19. The number of ether oxygens (including phenoxy) is 3. The van der Waals surface area contributed by atoms with Crippen LogP contribution in [0.15, 0.2) is 71.6 Å². The molecule has 3 aromatic rings. The first-order valence-corrected chi connectivity index (χ1v) is 12.0. The monoisotopic (exact) mass is 468 g/mol. The summed E-state index contributed by atoms with van der Waals surface area (Å²) in [6, 6.07) is 17.9. The lowest BCUT2D eigenvalue weighted by molar-refractivity contribution is 0.102. The minimum atomic E-state index is -3.84. The summed E-state index contributed by atoms with van der Waals surface area (Å²) in [5.74, 6) is 1.11. The van der Waals surface area contributed by atoms with E-state index in [0.717, 1.165) is 6.42 Å². The first kappa shape index (κ1) is 22.5. The van der Waals surface area contributed by atoms with Gasteiger partial charge >= 0.3 is 0 Å². The van der Waals surface area contributed by atoms with Gasteiger partial charge in [0.25, 0.3) is 15.9 Å². The lowest BCUT2D eigenvalue weighted by atomic mass is 10.2. The van der Waals surface area contributed by atoms with E-state index in [1.807, 2.05) is 6.92 Å². The number of carbonyl (C=O) groups is 1. The van der Waals surface area contributed by atoms with Crippen molar-refractivity contribution in [3.05, 3.63) is 72.3 Å². The van der Waals surface area contributed by atoms with Gasteiger partial charge in [0.1, 0.15) is 5.75 Å². The summed E-state index contributed by atoms with van der Waals surface area (Å²) in [5, 5.41) is 2.79. The third-order valence-electron chi connectivity index (χ3n) is 4.86. The van der Waals surface area contributed by atoms with Crippen LogP contribution in [0.3, 0.4) is 0 Å². The molecule has 3 aromatic carbocycles. The lowest BCUT2D eigenvalue weighted by Crippen LogP contribution is -2.14. The summed E-state index contributed by atoms with van der Waals surface area (Å²) >= 11 is 0. The second-order valence-corrected chi connectivity index (χ2v) is 8.91. The molecule has 172 valence electrons.